The van der Waals surface area contributed by atoms with Crippen LogP contribution in [-0.4, -0.2) is 47.7 Å². The highest BCUT2D eigenvalue weighted by Crippen LogP contribution is 2.29. The Morgan fingerprint density at radius 2 is 1.76 bits per heavy atom. The summed E-state index contributed by atoms with van der Waals surface area (Å²) in [5, 5.41) is 3.47. The van der Waals surface area contributed by atoms with Crippen molar-refractivity contribution in [1.82, 2.24) is 5.32 Å². The molecule has 1 aromatic carbocycles. The van der Waals surface area contributed by atoms with Gasteiger partial charge in [0.25, 0.3) is 0 Å². The molecule has 0 aliphatic carbocycles. The second kappa shape index (κ2) is 10.4. The van der Waals surface area contributed by atoms with Gasteiger partial charge in [0.1, 0.15) is 0 Å². The molecule has 0 spiro atoms. The van der Waals surface area contributed by atoms with E-state index < -0.39 is 0 Å². The van der Waals surface area contributed by atoms with Gasteiger partial charge in [0.05, 0.1) is 27.4 Å². The Labute approximate surface area is 127 Å². The van der Waals surface area contributed by atoms with Gasteiger partial charge < -0.3 is 24.3 Å². The lowest BCUT2D eigenvalue weighted by atomic mass is 10.1. The van der Waals surface area contributed by atoms with Gasteiger partial charge in [-0.15, -0.1) is 0 Å². The van der Waals surface area contributed by atoms with Crippen LogP contribution in [0.2, 0.25) is 0 Å². The minimum Gasteiger partial charge on any atom is -0.493 e. The minimum absolute atomic E-state index is 0.254. The first-order valence-electron chi connectivity index (χ1n) is 7.25. The number of hydrogen-bond acceptors (Lipinski definition) is 5. The molecule has 1 unspecified atom stereocenters. The van der Waals surface area contributed by atoms with E-state index in [0.29, 0.717) is 13.2 Å². The molecule has 1 aromatic rings. The molecule has 0 heterocycles. The average molecular weight is 297 g/mol. The Kier molecular flexibility index (Phi) is 8.82. The molecule has 5 nitrogen and oxygen atoms in total. The summed E-state index contributed by atoms with van der Waals surface area (Å²) in [5.41, 5.74) is 1.17. The van der Waals surface area contributed by atoms with Gasteiger partial charge in [0, 0.05) is 19.8 Å². The molecule has 1 N–H and O–H groups in total. The van der Waals surface area contributed by atoms with Crippen molar-refractivity contribution in [3.8, 4) is 11.5 Å². The molecule has 21 heavy (non-hydrogen) atoms. The highest BCUT2D eigenvalue weighted by Gasteiger charge is 2.09. The predicted octanol–water partition coefficient (Wildman–Crippen LogP) is 2.41. The summed E-state index contributed by atoms with van der Waals surface area (Å²) in [6.07, 6.45) is 0.974. The third-order valence-corrected chi connectivity index (χ3v) is 3.26. The van der Waals surface area contributed by atoms with Gasteiger partial charge in [-0.2, -0.15) is 0 Å². The van der Waals surface area contributed by atoms with Gasteiger partial charge in [0.2, 0.25) is 0 Å². The Morgan fingerprint density at radius 3 is 2.43 bits per heavy atom. The molecule has 1 rings (SSSR count). The van der Waals surface area contributed by atoms with Gasteiger partial charge in [-0.1, -0.05) is 6.07 Å². The summed E-state index contributed by atoms with van der Waals surface area (Å²) in [5.74, 6) is 1.51. The van der Waals surface area contributed by atoms with Crippen LogP contribution in [-0.2, 0) is 9.47 Å². The first-order chi connectivity index (χ1) is 10.2. The first kappa shape index (κ1) is 17.8. The van der Waals surface area contributed by atoms with Crippen LogP contribution in [0.15, 0.2) is 18.2 Å². The lowest BCUT2D eigenvalue weighted by Crippen LogP contribution is -2.21. The van der Waals surface area contributed by atoms with E-state index >= 15 is 0 Å². The lowest BCUT2D eigenvalue weighted by molar-refractivity contribution is 0.0693. The fourth-order valence-corrected chi connectivity index (χ4v) is 1.98. The normalized spacial score (nSPS) is 12.2. The van der Waals surface area contributed by atoms with E-state index in [2.05, 4.69) is 12.2 Å². The molecule has 0 saturated carbocycles. The Hall–Kier alpha value is -1.30. The zero-order valence-corrected chi connectivity index (χ0v) is 13.5. The largest absolute Gasteiger partial charge is 0.493 e. The Bertz CT molecular complexity index is 398. The van der Waals surface area contributed by atoms with Crippen LogP contribution in [0.4, 0.5) is 0 Å². The molecule has 0 aromatic heterocycles. The molecule has 5 heteroatoms. The SMILES string of the molecule is COCCOCCCNC(C)c1ccc(OC)c(OC)c1. The Morgan fingerprint density at radius 1 is 1.00 bits per heavy atom. The molecule has 0 aliphatic rings. The second-order valence-corrected chi connectivity index (χ2v) is 4.75. The van der Waals surface area contributed by atoms with Crippen LogP contribution in [0.3, 0.4) is 0 Å². The maximum absolute atomic E-state index is 5.43. The van der Waals surface area contributed by atoms with Crippen molar-refractivity contribution in [1.29, 1.82) is 0 Å². The molecule has 0 saturated heterocycles. The molecule has 0 radical (unpaired) electrons. The van der Waals surface area contributed by atoms with E-state index in [4.69, 9.17) is 18.9 Å². The lowest BCUT2D eigenvalue weighted by Gasteiger charge is -2.16. The third-order valence-electron chi connectivity index (χ3n) is 3.26. The van der Waals surface area contributed by atoms with Crippen LogP contribution in [0.25, 0.3) is 0 Å². The van der Waals surface area contributed by atoms with Crippen LogP contribution in [0.1, 0.15) is 24.9 Å². The van der Waals surface area contributed by atoms with Crippen molar-refractivity contribution in [3.05, 3.63) is 23.8 Å². The van der Waals surface area contributed by atoms with Crippen molar-refractivity contribution in [3.63, 3.8) is 0 Å². The van der Waals surface area contributed by atoms with Crippen LogP contribution < -0.4 is 14.8 Å². The first-order valence-corrected chi connectivity index (χ1v) is 7.25. The summed E-state index contributed by atoms with van der Waals surface area (Å²) in [6, 6.07) is 6.24. The summed E-state index contributed by atoms with van der Waals surface area (Å²) in [6.45, 7) is 5.09. The standard InChI is InChI=1S/C16H27NO4/c1-13(17-8-5-9-21-11-10-18-2)14-6-7-15(19-3)16(12-14)20-4/h6-7,12-13,17H,5,8-11H2,1-4H3. The number of benzene rings is 1. The molecule has 0 fully saturated rings. The van der Waals surface area contributed by atoms with Crippen molar-refractivity contribution in [2.24, 2.45) is 0 Å². The zero-order valence-electron chi connectivity index (χ0n) is 13.5. The van der Waals surface area contributed by atoms with Crippen LogP contribution in [0.5, 0.6) is 11.5 Å². The van der Waals surface area contributed by atoms with Crippen molar-refractivity contribution < 1.29 is 18.9 Å². The van der Waals surface area contributed by atoms with E-state index in [9.17, 15) is 0 Å². The van der Waals surface area contributed by atoms with Crippen molar-refractivity contribution in [2.75, 3.05) is 47.7 Å². The fourth-order valence-electron chi connectivity index (χ4n) is 1.98. The summed E-state index contributed by atoms with van der Waals surface area (Å²) in [7, 11) is 4.97. The molecular weight excluding hydrogens is 270 g/mol. The highest BCUT2D eigenvalue weighted by atomic mass is 16.5. The van der Waals surface area contributed by atoms with Gasteiger partial charge in [0.15, 0.2) is 11.5 Å². The highest BCUT2D eigenvalue weighted by molar-refractivity contribution is 5.43. The molecule has 0 amide bonds. The van der Waals surface area contributed by atoms with E-state index in [1.165, 1.54) is 5.56 Å². The van der Waals surface area contributed by atoms with Crippen LogP contribution >= 0.6 is 0 Å². The summed E-state index contributed by atoms with van der Waals surface area (Å²) in [4.78, 5) is 0. The summed E-state index contributed by atoms with van der Waals surface area (Å²) >= 11 is 0. The number of nitrogens with one attached hydrogen (secondary N) is 1. The average Bonchev–Trinajstić information content (AvgIpc) is 2.53. The maximum Gasteiger partial charge on any atom is 0.161 e. The van der Waals surface area contributed by atoms with Crippen molar-refractivity contribution in [2.45, 2.75) is 19.4 Å². The van der Waals surface area contributed by atoms with Gasteiger partial charge in [-0.05, 0) is 37.6 Å². The van der Waals surface area contributed by atoms with E-state index in [1.807, 2.05) is 18.2 Å². The second-order valence-electron chi connectivity index (χ2n) is 4.75. The molecular formula is C16H27NO4. The smallest absolute Gasteiger partial charge is 0.161 e. The summed E-state index contributed by atoms with van der Waals surface area (Å²) < 4.78 is 20.9. The fraction of sp³-hybridized carbons (Fsp3) is 0.625. The third kappa shape index (κ3) is 6.33. The van der Waals surface area contributed by atoms with Crippen molar-refractivity contribution >= 4 is 0 Å². The topological polar surface area (TPSA) is 49.0 Å². The van der Waals surface area contributed by atoms with Gasteiger partial charge >= 0.3 is 0 Å². The molecule has 120 valence electrons. The number of ether oxygens (including phenoxy) is 4. The molecule has 1 atom stereocenters. The quantitative estimate of drug-likeness (QED) is 0.636. The monoisotopic (exact) mass is 297 g/mol. The Balaban J connectivity index is 2.33. The van der Waals surface area contributed by atoms with E-state index in [0.717, 1.165) is 31.1 Å². The zero-order chi connectivity index (χ0) is 15.5. The number of hydrogen-bond donors (Lipinski definition) is 1. The molecule has 0 bridgehead atoms. The van der Waals surface area contributed by atoms with E-state index in [1.54, 1.807) is 21.3 Å². The maximum atomic E-state index is 5.43. The predicted molar refractivity (Wildman–Crippen MR) is 83.3 cm³/mol. The van der Waals surface area contributed by atoms with Crippen LogP contribution in [0, 0.1) is 0 Å². The number of methoxy groups -OCH3 is 3. The van der Waals surface area contributed by atoms with Gasteiger partial charge in [-0.3, -0.25) is 0 Å². The minimum atomic E-state index is 0.254. The van der Waals surface area contributed by atoms with Gasteiger partial charge in [-0.25, -0.2) is 0 Å². The number of rotatable bonds is 11. The van der Waals surface area contributed by atoms with E-state index in [-0.39, 0.29) is 6.04 Å². The molecule has 0 aliphatic heterocycles.